The van der Waals surface area contributed by atoms with Crippen molar-refractivity contribution in [3.8, 4) is 5.75 Å². The van der Waals surface area contributed by atoms with Gasteiger partial charge < -0.3 is 22.9 Å². The maximum absolute atomic E-state index is 13.3. The zero-order valence-corrected chi connectivity index (χ0v) is 20.1. The van der Waals surface area contributed by atoms with Gasteiger partial charge in [0, 0.05) is 5.56 Å². The molecule has 4 aromatic rings. The smallest absolute Gasteiger partial charge is 0.264 e. The van der Waals surface area contributed by atoms with Gasteiger partial charge in [0.25, 0.3) is 5.91 Å². The summed E-state index contributed by atoms with van der Waals surface area (Å²) in [5.74, 6) is 0.446. The van der Waals surface area contributed by atoms with E-state index in [-0.39, 0.29) is 18.3 Å². The van der Waals surface area contributed by atoms with E-state index in [4.69, 9.17) is 10.5 Å². The first kappa shape index (κ1) is 24.5. The van der Waals surface area contributed by atoms with Crippen LogP contribution in [0.4, 0.5) is 0 Å². The van der Waals surface area contributed by atoms with Gasteiger partial charge in [0.15, 0.2) is 5.66 Å². The molecule has 5 heteroatoms. The van der Waals surface area contributed by atoms with Gasteiger partial charge in [-0.15, -0.1) is 0 Å². The molecule has 0 saturated heterocycles. The summed E-state index contributed by atoms with van der Waals surface area (Å²) in [5.41, 5.74) is 6.59. The lowest BCUT2D eigenvalue weighted by atomic mass is 10.1. The van der Waals surface area contributed by atoms with Gasteiger partial charge in [-0.2, -0.15) is 0 Å². The van der Waals surface area contributed by atoms with E-state index in [1.807, 2.05) is 85.8 Å². The molecule has 0 spiro atoms. The molecule has 1 atom stereocenters. The molecule has 4 aromatic carbocycles. The number of carbonyl (C=O) groups excluding carboxylic acids is 1. The number of halogens is 1. The van der Waals surface area contributed by atoms with Crippen LogP contribution in [0.3, 0.4) is 0 Å². The van der Waals surface area contributed by atoms with Crippen LogP contribution in [0, 0.1) is 0 Å². The largest absolute Gasteiger partial charge is 1.00 e. The number of amides is 1. The number of ether oxygens (including phenoxy) is 1. The minimum Gasteiger partial charge on any atom is -1.00 e. The second kappa shape index (κ2) is 11.1. The topological polar surface area (TPSA) is 52.3 Å². The van der Waals surface area contributed by atoms with Crippen LogP contribution in [-0.2, 0) is 4.79 Å². The number of rotatable bonds is 8. The van der Waals surface area contributed by atoms with Crippen LogP contribution in [0.2, 0.25) is 0 Å². The first-order chi connectivity index (χ1) is 15.7. The molecule has 2 N–H and O–H groups in total. The molecule has 4 rings (SSSR count). The Hall–Kier alpha value is -3.13. The highest BCUT2D eigenvalue weighted by Crippen LogP contribution is 2.66. The summed E-state index contributed by atoms with van der Waals surface area (Å²) in [6, 6.07) is 38.8. The van der Waals surface area contributed by atoms with Gasteiger partial charge in [0.1, 0.15) is 28.9 Å². The van der Waals surface area contributed by atoms with Crippen LogP contribution in [0.1, 0.15) is 18.1 Å². The molecule has 33 heavy (non-hydrogen) atoms. The van der Waals surface area contributed by atoms with E-state index in [1.165, 1.54) is 0 Å². The van der Waals surface area contributed by atoms with Crippen LogP contribution in [-0.4, -0.2) is 12.5 Å². The predicted octanol–water partition coefficient (Wildman–Crippen LogP) is 1.61. The van der Waals surface area contributed by atoms with Crippen molar-refractivity contribution in [1.29, 1.82) is 0 Å². The molecule has 0 bridgehead atoms. The molecule has 168 valence electrons. The summed E-state index contributed by atoms with van der Waals surface area (Å²) < 4.78 is 5.63. The first-order valence-electron chi connectivity index (χ1n) is 10.8. The summed E-state index contributed by atoms with van der Waals surface area (Å²) in [4.78, 5) is 13.3. The SMILES string of the molecule is CCOc1ccc(C(C(N)=O)[P+](c2ccccc2)(c2ccccc2)c2ccccc2)cc1.[Cl-]. The Kier molecular flexibility index (Phi) is 8.27. The lowest BCUT2D eigenvalue weighted by molar-refractivity contribution is -0.117. The summed E-state index contributed by atoms with van der Waals surface area (Å²) in [6.07, 6.45) is 0. The highest BCUT2D eigenvalue weighted by atomic mass is 35.5. The molecular weight excluding hydrogens is 449 g/mol. The average Bonchev–Trinajstić information content (AvgIpc) is 2.85. The van der Waals surface area contributed by atoms with Crippen LogP contribution in [0.25, 0.3) is 0 Å². The Morgan fingerprint density at radius 2 is 1.12 bits per heavy atom. The molecule has 0 aliphatic carbocycles. The Balaban J connectivity index is 0.00000306. The number of hydrogen-bond donors (Lipinski definition) is 1. The van der Waals surface area contributed by atoms with Crippen LogP contribution >= 0.6 is 7.26 Å². The fraction of sp³-hybridized carbons (Fsp3) is 0.107. The number of hydrogen-bond acceptors (Lipinski definition) is 2. The number of primary amides is 1. The van der Waals surface area contributed by atoms with E-state index in [0.29, 0.717) is 6.61 Å². The predicted molar refractivity (Wildman–Crippen MR) is 135 cm³/mol. The normalized spacial score (nSPS) is 11.8. The van der Waals surface area contributed by atoms with Gasteiger partial charge in [0.2, 0.25) is 0 Å². The molecule has 0 saturated carbocycles. The van der Waals surface area contributed by atoms with E-state index in [2.05, 4.69) is 36.4 Å². The second-order valence-electron chi connectivity index (χ2n) is 7.54. The molecule has 0 radical (unpaired) electrons. The molecule has 1 amide bonds. The quantitative estimate of drug-likeness (QED) is 0.394. The zero-order valence-electron chi connectivity index (χ0n) is 18.5. The monoisotopic (exact) mass is 475 g/mol. The maximum Gasteiger partial charge on any atom is 0.264 e. The highest BCUT2D eigenvalue weighted by Gasteiger charge is 2.55. The lowest BCUT2D eigenvalue weighted by Gasteiger charge is -2.33. The van der Waals surface area contributed by atoms with Crippen molar-refractivity contribution >= 4 is 29.1 Å². The summed E-state index contributed by atoms with van der Waals surface area (Å²) in [7, 11) is -2.49. The fourth-order valence-corrected chi connectivity index (χ4v) is 9.09. The molecule has 1 unspecified atom stereocenters. The second-order valence-corrected chi connectivity index (χ2v) is 11.0. The third-order valence-electron chi connectivity index (χ3n) is 5.65. The fourth-order valence-electron chi connectivity index (χ4n) is 4.38. The Labute approximate surface area is 202 Å². The summed E-state index contributed by atoms with van der Waals surface area (Å²) >= 11 is 0. The molecule has 0 aliphatic rings. The zero-order chi connectivity index (χ0) is 22.4. The van der Waals surface area contributed by atoms with Crippen LogP contribution < -0.4 is 38.8 Å². The number of nitrogens with two attached hydrogens (primary N) is 1. The van der Waals surface area contributed by atoms with Crippen molar-refractivity contribution < 1.29 is 21.9 Å². The van der Waals surface area contributed by atoms with Gasteiger partial charge in [-0.3, -0.25) is 4.79 Å². The van der Waals surface area contributed by atoms with Crippen molar-refractivity contribution in [2.75, 3.05) is 6.61 Å². The van der Waals surface area contributed by atoms with E-state index >= 15 is 0 Å². The third kappa shape index (κ3) is 4.80. The van der Waals surface area contributed by atoms with Crippen molar-refractivity contribution in [3.63, 3.8) is 0 Å². The maximum atomic E-state index is 13.3. The molecule has 3 nitrogen and oxygen atoms in total. The lowest BCUT2D eigenvalue weighted by Crippen LogP contribution is -3.00. The average molecular weight is 476 g/mol. The van der Waals surface area contributed by atoms with Crippen LogP contribution in [0.5, 0.6) is 5.75 Å². The third-order valence-corrected chi connectivity index (χ3v) is 10.3. The molecule has 0 aliphatic heterocycles. The van der Waals surface area contributed by atoms with Gasteiger partial charge in [-0.1, -0.05) is 66.7 Å². The molecule has 0 fully saturated rings. The molecule has 0 heterocycles. The van der Waals surface area contributed by atoms with Crippen molar-refractivity contribution in [2.24, 2.45) is 5.73 Å². The van der Waals surface area contributed by atoms with Gasteiger partial charge in [-0.05, 0) is 55.5 Å². The Morgan fingerprint density at radius 3 is 1.45 bits per heavy atom. The van der Waals surface area contributed by atoms with Crippen molar-refractivity contribution in [3.05, 3.63) is 121 Å². The van der Waals surface area contributed by atoms with Crippen LogP contribution in [0.15, 0.2) is 115 Å². The van der Waals surface area contributed by atoms with Gasteiger partial charge in [0.05, 0.1) is 6.61 Å². The van der Waals surface area contributed by atoms with E-state index in [1.54, 1.807) is 0 Å². The highest BCUT2D eigenvalue weighted by molar-refractivity contribution is 7.96. The van der Waals surface area contributed by atoms with Crippen molar-refractivity contribution in [1.82, 2.24) is 0 Å². The minimum absolute atomic E-state index is 0. The Morgan fingerprint density at radius 1 is 0.727 bits per heavy atom. The van der Waals surface area contributed by atoms with E-state index in [9.17, 15) is 4.79 Å². The number of carbonyl (C=O) groups is 1. The Bertz CT molecular complexity index is 1060. The standard InChI is InChI=1S/C28H26NO2P.ClH/c1-2-31-23-20-18-22(19-21-23)27(28(29)30)32(24-12-6-3-7-13-24,25-14-8-4-9-15-25)26-16-10-5-11-17-26;/h3-21,27H,2H2,1H3,(H-,29,30);1H. The first-order valence-corrected chi connectivity index (χ1v) is 12.6. The number of benzene rings is 4. The van der Waals surface area contributed by atoms with Crippen molar-refractivity contribution in [2.45, 2.75) is 12.6 Å². The molecular formula is C28H27ClNO2P. The summed E-state index contributed by atoms with van der Waals surface area (Å²) in [5, 5.41) is 3.36. The van der Waals surface area contributed by atoms with E-state index in [0.717, 1.165) is 27.2 Å². The van der Waals surface area contributed by atoms with Gasteiger partial charge >= 0.3 is 0 Å². The minimum atomic E-state index is -2.49. The summed E-state index contributed by atoms with van der Waals surface area (Å²) in [6.45, 7) is 2.55. The molecule has 0 aromatic heterocycles. The van der Waals surface area contributed by atoms with Gasteiger partial charge in [-0.25, -0.2) is 0 Å². The van der Waals surface area contributed by atoms with E-state index < -0.39 is 12.9 Å².